The van der Waals surface area contributed by atoms with Gasteiger partial charge >= 0.3 is 11.9 Å². The third-order valence-electron chi connectivity index (χ3n) is 4.65. The van der Waals surface area contributed by atoms with E-state index in [0.29, 0.717) is 0 Å². The normalized spacial score (nSPS) is 16.9. The van der Waals surface area contributed by atoms with Crippen molar-refractivity contribution in [1.82, 2.24) is 15.8 Å². The zero-order valence-electron chi connectivity index (χ0n) is 15.8. The number of amides is 3. The summed E-state index contributed by atoms with van der Waals surface area (Å²) in [7, 11) is 0. The van der Waals surface area contributed by atoms with Crippen LogP contribution in [0.2, 0.25) is 0 Å². The van der Waals surface area contributed by atoms with Crippen molar-refractivity contribution in [2.45, 2.75) is 19.4 Å². The van der Waals surface area contributed by atoms with Gasteiger partial charge in [0.1, 0.15) is 0 Å². The van der Waals surface area contributed by atoms with Crippen molar-refractivity contribution in [3.05, 3.63) is 60.1 Å². The van der Waals surface area contributed by atoms with Crippen molar-refractivity contribution in [1.29, 1.82) is 0 Å². The molecule has 152 valence electrons. The summed E-state index contributed by atoms with van der Waals surface area (Å²) >= 11 is 0. The number of hydrazine groups is 1. The standard InChI is InChI=1S/C20H21N3O6/c1-13(14-6-3-2-4-7-14)23-11-15(10-18(23)25)20(27)29-12-17(24)21-22-19(26)16-8-5-9-28-16/h2-9,13,15H,10-12H2,1H3,(H,21,24)(H,22,26)/t13-,15+/m1/s1. The van der Waals surface area contributed by atoms with E-state index in [4.69, 9.17) is 9.15 Å². The summed E-state index contributed by atoms with van der Waals surface area (Å²) < 4.78 is 9.87. The Morgan fingerprint density at radius 1 is 1.17 bits per heavy atom. The van der Waals surface area contributed by atoms with E-state index >= 15 is 0 Å². The Bertz CT molecular complexity index is 881. The molecule has 2 atom stereocenters. The largest absolute Gasteiger partial charge is 0.459 e. The molecule has 0 spiro atoms. The zero-order chi connectivity index (χ0) is 20.8. The van der Waals surface area contributed by atoms with Crippen LogP contribution in [0.4, 0.5) is 0 Å². The van der Waals surface area contributed by atoms with Crippen LogP contribution in [0.3, 0.4) is 0 Å². The first-order valence-corrected chi connectivity index (χ1v) is 9.09. The second-order valence-corrected chi connectivity index (χ2v) is 6.62. The average molecular weight is 399 g/mol. The van der Waals surface area contributed by atoms with Gasteiger partial charge in [0, 0.05) is 13.0 Å². The van der Waals surface area contributed by atoms with Gasteiger partial charge in [0.2, 0.25) is 5.91 Å². The molecule has 1 saturated heterocycles. The van der Waals surface area contributed by atoms with Gasteiger partial charge in [-0.3, -0.25) is 30.0 Å². The molecule has 1 aromatic carbocycles. The van der Waals surface area contributed by atoms with Gasteiger partial charge in [-0.15, -0.1) is 0 Å². The molecular weight excluding hydrogens is 378 g/mol. The van der Waals surface area contributed by atoms with Gasteiger partial charge in [0.05, 0.1) is 18.2 Å². The quantitative estimate of drug-likeness (QED) is 0.557. The zero-order valence-corrected chi connectivity index (χ0v) is 15.8. The van der Waals surface area contributed by atoms with Crippen LogP contribution in [-0.4, -0.2) is 41.7 Å². The van der Waals surface area contributed by atoms with Crippen LogP contribution < -0.4 is 10.9 Å². The number of likely N-dealkylation sites (tertiary alicyclic amines) is 1. The van der Waals surface area contributed by atoms with Gasteiger partial charge in [-0.2, -0.15) is 0 Å². The van der Waals surface area contributed by atoms with Crippen molar-refractivity contribution < 1.29 is 28.3 Å². The van der Waals surface area contributed by atoms with E-state index in [2.05, 4.69) is 10.9 Å². The molecule has 2 aromatic rings. The van der Waals surface area contributed by atoms with Crippen molar-refractivity contribution in [2.75, 3.05) is 13.2 Å². The Hall–Kier alpha value is -3.62. The van der Waals surface area contributed by atoms with Crippen molar-refractivity contribution in [3.63, 3.8) is 0 Å². The van der Waals surface area contributed by atoms with Crippen LogP contribution in [0.25, 0.3) is 0 Å². The van der Waals surface area contributed by atoms with Gasteiger partial charge in [-0.05, 0) is 24.6 Å². The summed E-state index contributed by atoms with van der Waals surface area (Å²) in [5.74, 6) is -2.73. The highest BCUT2D eigenvalue weighted by Gasteiger charge is 2.38. The van der Waals surface area contributed by atoms with E-state index in [-0.39, 0.29) is 30.7 Å². The molecule has 0 unspecified atom stereocenters. The minimum atomic E-state index is -0.711. The number of hydrogen-bond donors (Lipinski definition) is 2. The molecule has 0 bridgehead atoms. The molecule has 0 aliphatic carbocycles. The second-order valence-electron chi connectivity index (χ2n) is 6.62. The Labute approximate surface area is 167 Å². The lowest BCUT2D eigenvalue weighted by Gasteiger charge is -2.25. The number of carbonyl (C=O) groups excluding carboxylic acids is 4. The van der Waals surface area contributed by atoms with E-state index in [9.17, 15) is 19.2 Å². The molecule has 3 rings (SSSR count). The minimum absolute atomic E-state index is 0.0272. The van der Waals surface area contributed by atoms with Gasteiger partial charge in [0.25, 0.3) is 5.91 Å². The topological polar surface area (TPSA) is 118 Å². The molecule has 9 heteroatoms. The van der Waals surface area contributed by atoms with E-state index < -0.39 is 30.3 Å². The lowest BCUT2D eigenvalue weighted by molar-refractivity contribution is -0.152. The summed E-state index contributed by atoms with van der Waals surface area (Å²) in [6.07, 6.45) is 1.36. The number of rotatable bonds is 6. The Balaban J connectivity index is 1.44. The molecule has 1 aromatic heterocycles. The molecule has 2 heterocycles. The summed E-state index contributed by atoms with van der Waals surface area (Å²) in [5.41, 5.74) is 5.23. The van der Waals surface area contributed by atoms with Crippen LogP contribution in [-0.2, 0) is 19.1 Å². The number of benzene rings is 1. The highest BCUT2D eigenvalue weighted by atomic mass is 16.5. The lowest BCUT2D eigenvalue weighted by atomic mass is 10.1. The number of ether oxygens (including phenoxy) is 1. The maximum Gasteiger partial charge on any atom is 0.311 e. The Kier molecular flexibility index (Phi) is 6.28. The lowest BCUT2D eigenvalue weighted by Crippen LogP contribution is -2.43. The van der Waals surface area contributed by atoms with Crippen LogP contribution in [0.5, 0.6) is 0 Å². The van der Waals surface area contributed by atoms with Crippen molar-refractivity contribution >= 4 is 23.7 Å². The monoisotopic (exact) mass is 399 g/mol. The Morgan fingerprint density at radius 2 is 1.93 bits per heavy atom. The molecule has 3 amide bonds. The summed E-state index contributed by atoms with van der Waals surface area (Å²) in [6, 6.07) is 12.3. The molecule has 0 saturated carbocycles. The smallest absolute Gasteiger partial charge is 0.311 e. The number of carbonyl (C=O) groups is 4. The second kappa shape index (κ2) is 9.05. The van der Waals surface area contributed by atoms with Crippen LogP contribution in [0, 0.1) is 5.92 Å². The summed E-state index contributed by atoms with van der Waals surface area (Å²) in [5, 5.41) is 0. The van der Waals surface area contributed by atoms with E-state index in [1.807, 2.05) is 37.3 Å². The summed E-state index contributed by atoms with van der Waals surface area (Å²) in [6.45, 7) is 1.55. The van der Waals surface area contributed by atoms with Crippen molar-refractivity contribution in [2.24, 2.45) is 5.92 Å². The molecule has 9 nitrogen and oxygen atoms in total. The van der Waals surface area contributed by atoms with Crippen LogP contribution >= 0.6 is 0 Å². The number of esters is 1. The van der Waals surface area contributed by atoms with Crippen molar-refractivity contribution in [3.8, 4) is 0 Å². The third-order valence-corrected chi connectivity index (χ3v) is 4.65. The number of furan rings is 1. The molecule has 1 aliphatic rings. The predicted molar refractivity (Wildman–Crippen MR) is 100.0 cm³/mol. The van der Waals surface area contributed by atoms with Gasteiger partial charge in [-0.25, -0.2) is 0 Å². The molecule has 29 heavy (non-hydrogen) atoms. The SMILES string of the molecule is C[C@H](c1ccccc1)N1C[C@@H](C(=O)OCC(=O)NNC(=O)c2ccco2)CC1=O. The maximum absolute atomic E-state index is 12.3. The fourth-order valence-electron chi connectivity index (χ4n) is 3.06. The van der Waals surface area contributed by atoms with Crippen LogP contribution in [0.1, 0.15) is 35.5 Å². The van der Waals surface area contributed by atoms with Crippen LogP contribution in [0.15, 0.2) is 53.1 Å². The van der Waals surface area contributed by atoms with Gasteiger partial charge in [0.15, 0.2) is 12.4 Å². The first kappa shape index (κ1) is 20.1. The first-order valence-electron chi connectivity index (χ1n) is 9.09. The van der Waals surface area contributed by atoms with E-state index in [0.717, 1.165) is 5.56 Å². The fraction of sp³-hybridized carbons (Fsp3) is 0.300. The van der Waals surface area contributed by atoms with E-state index in [1.54, 1.807) is 4.90 Å². The molecule has 0 radical (unpaired) electrons. The first-order chi connectivity index (χ1) is 14.0. The average Bonchev–Trinajstić information content (AvgIpc) is 3.40. The minimum Gasteiger partial charge on any atom is -0.459 e. The predicted octanol–water partition coefficient (Wildman–Crippen LogP) is 1.19. The third kappa shape index (κ3) is 5.01. The number of hydrogen-bond acceptors (Lipinski definition) is 6. The highest BCUT2D eigenvalue weighted by molar-refractivity contribution is 5.93. The molecule has 1 fully saturated rings. The summed E-state index contributed by atoms with van der Waals surface area (Å²) in [4.78, 5) is 49.6. The Morgan fingerprint density at radius 3 is 2.62 bits per heavy atom. The van der Waals surface area contributed by atoms with Gasteiger partial charge < -0.3 is 14.1 Å². The number of nitrogens with zero attached hydrogens (tertiary/aromatic N) is 1. The fourth-order valence-corrected chi connectivity index (χ4v) is 3.06. The molecule has 1 aliphatic heterocycles. The maximum atomic E-state index is 12.3. The number of nitrogens with one attached hydrogen (secondary N) is 2. The van der Waals surface area contributed by atoms with Gasteiger partial charge in [-0.1, -0.05) is 30.3 Å². The molecular formula is C20H21N3O6. The molecule has 2 N–H and O–H groups in total. The van der Waals surface area contributed by atoms with E-state index in [1.165, 1.54) is 18.4 Å². The highest BCUT2D eigenvalue weighted by Crippen LogP contribution is 2.28.